The second-order valence-electron chi connectivity index (χ2n) is 8.33. The van der Waals surface area contributed by atoms with Crippen LogP contribution in [0.25, 0.3) is 0 Å². The Morgan fingerprint density at radius 2 is 1.25 bits per heavy atom. The molecule has 0 radical (unpaired) electrons. The number of hydrogen-bond donors (Lipinski definition) is 0. The predicted molar refractivity (Wildman–Crippen MR) is 105 cm³/mol. The zero-order valence-corrected chi connectivity index (χ0v) is 18.9. The van der Waals surface area contributed by atoms with Crippen LogP contribution in [-0.4, -0.2) is 67.1 Å². The van der Waals surface area contributed by atoms with Gasteiger partial charge in [-0.3, -0.25) is 0 Å². The molecule has 0 aromatic heterocycles. The van der Waals surface area contributed by atoms with Crippen molar-refractivity contribution in [1.82, 2.24) is 0 Å². The van der Waals surface area contributed by atoms with Crippen molar-refractivity contribution in [2.45, 2.75) is 76.1 Å². The number of hydrogen-bond acceptors (Lipinski definition) is 7. The zero-order chi connectivity index (χ0) is 21.1. The number of rotatable bonds is 6. The first-order valence-electron chi connectivity index (χ1n) is 9.61. The van der Waals surface area contributed by atoms with Gasteiger partial charge in [0, 0.05) is 11.8 Å². The van der Waals surface area contributed by atoms with Crippen molar-refractivity contribution in [3.8, 4) is 0 Å². The highest BCUT2D eigenvalue weighted by Crippen LogP contribution is 2.31. The molecule has 2 aliphatic rings. The van der Waals surface area contributed by atoms with Crippen LogP contribution in [0, 0.1) is 11.8 Å². The first kappa shape index (κ1) is 24.0. The summed E-state index contributed by atoms with van der Waals surface area (Å²) < 4.78 is 33.5. The van der Waals surface area contributed by atoms with Gasteiger partial charge >= 0.3 is 6.16 Å². The summed E-state index contributed by atoms with van der Waals surface area (Å²) in [4.78, 5) is 12.1. The Balaban J connectivity index is 1.80. The van der Waals surface area contributed by atoms with E-state index in [0.29, 0.717) is 13.2 Å². The summed E-state index contributed by atoms with van der Waals surface area (Å²) in [5.74, 6) is -1.78. The monoisotopic (exact) mass is 442 g/mol. The summed E-state index contributed by atoms with van der Waals surface area (Å²) >= 11 is 12.5. The van der Waals surface area contributed by atoms with E-state index in [9.17, 15) is 4.79 Å². The van der Waals surface area contributed by atoms with Gasteiger partial charge < -0.3 is 28.4 Å². The van der Waals surface area contributed by atoms with Crippen LogP contribution in [0.2, 0.25) is 0 Å². The van der Waals surface area contributed by atoms with Gasteiger partial charge in [0.25, 0.3) is 0 Å². The fraction of sp³-hybridized carbons (Fsp3) is 0.947. The second-order valence-corrected chi connectivity index (χ2v) is 9.71. The summed E-state index contributed by atoms with van der Waals surface area (Å²) in [6.45, 7) is 12.0. The summed E-state index contributed by atoms with van der Waals surface area (Å²) in [7, 11) is 0. The standard InChI is InChI=1S/C19H32Cl2O7/c1-11(20)15-13(9-25-18(3,4)27-15)7-23-17(22)24-8-14-10-26-19(5,6)28-16(14)12(2)21/h11-16H,7-10H2,1-6H3. The summed E-state index contributed by atoms with van der Waals surface area (Å²) in [5.41, 5.74) is 0. The lowest BCUT2D eigenvalue weighted by molar-refractivity contribution is -0.297. The molecule has 2 fully saturated rings. The van der Waals surface area contributed by atoms with Crippen LogP contribution >= 0.6 is 23.2 Å². The molecule has 2 heterocycles. The molecule has 0 aromatic rings. The second kappa shape index (κ2) is 9.67. The Morgan fingerprint density at radius 3 is 1.57 bits per heavy atom. The van der Waals surface area contributed by atoms with Gasteiger partial charge in [0.05, 0.1) is 36.2 Å². The molecule has 9 heteroatoms. The molecule has 2 saturated heterocycles. The van der Waals surface area contributed by atoms with E-state index in [4.69, 9.17) is 51.6 Å². The molecule has 0 aromatic carbocycles. The lowest BCUT2D eigenvalue weighted by atomic mass is 9.99. The van der Waals surface area contributed by atoms with E-state index in [1.165, 1.54) is 0 Å². The number of alkyl halides is 2. The number of halogens is 2. The number of ether oxygens (including phenoxy) is 6. The SMILES string of the molecule is CC(Cl)C1OC(C)(C)OCC1COC(=O)OCC1COC(C)(C)OC1C(C)Cl. The maximum atomic E-state index is 12.1. The van der Waals surface area contributed by atoms with Gasteiger partial charge in [-0.15, -0.1) is 23.2 Å². The zero-order valence-electron chi connectivity index (χ0n) is 17.4. The third kappa shape index (κ3) is 6.89. The Bertz CT molecular complexity index is 480. The quantitative estimate of drug-likeness (QED) is 0.455. The topological polar surface area (TPSA) is 72.5 Å². The van der Waals surface area contributed by atoms with Crippen molar-refractivity contribution in [2.24, 2.45) is 11.8 Å². The normalized spacial score (nSPS) is 34.3. The third-order valence-electron chi connectivity index (χ3n) is 4.79. The van der Waals surface area contributed by atoms with Crippen molar-refractivity contribution in [2.75, 3.05) is 26.4 Å². The molecule has 0 spiro atoms. The summed E-state index contributed by atoms with van der Waals surface area (Å²) in [6, 6.07) is 0. The minimum absolute atomic E-state index is 0.0939. The first-order valence-corrected chi connectivity index (χ1v) is 10.5. The predicted octanol–water partition coefficient (Wildman–Crippen LogP) is 3.93. The van der Waals surface area contributed by atoms with E-state index >= 15 is 0 Å². The van der Waals surface area contributed by atoms with Crippen LogP contribution in [0.3, 0.4) is 0 Å². The molecule has 164 valence electrons. The lowest BCUT2D eigenvalue weighted by Gasteiger charge is -2.42. The van der Waals surface area contributed by atoms with E-state index in [-0.39, 0.29) is 48.0 Å². The molecule has 7 nitrogen and oxygen atoms in total. The fourth-order valence-electron chi connectivity index (χ4n) is 3.34. The molecule has 6 unspecified atom stereocenters. The number of carbonyl (C=O) groups is 1. The van der Waals surface area contributed by atoms with Crippen LogP contribution in [0.4, 0.5) is 4.79 Å². The van der Waals surface area contributed by atoms with Crippen LogP contribution in [0.15, 0.2) is 0 Å². The van der Waals surface area contributed by atoms with Gasteiger partial charge in [-0.05, 0) is 41.5 Å². The van der Waals surface area contributed by atoms with Crippen LogP contribution in [-0.2, 0) is 28.4 Å². The Hall–Kier alpha value is -0.310. The van der Waals surface area contributed by atoms with Crippen LogP contribution in [0.1, 0.15) is 41.5 Å². The molecule has 6 atom stereocenters. The molecule has 0 saturated carbocycles. The molecule has 0 N–H and O–H groups in total. The maximum Gasteiger partial charge on any atom is 0.508 e. The third-order valence-corrected chi connectivity index (χ3v) is 5.29. The van der Waals surface area contributed by atoms with Crippen molar-refractivity contribution >= 4 is 29.4 Å². The van der Waals surface area contributed by atoms with Crippen molar-refractivity contribution in [3.63, 3.8) is 0 Å². The maximum absolute atomic E-state index is 12.1. The average Bonchev–Trinajstić information content (AvgIpc) is 2.58. The van der Waals surface area contributed by atoms with Gasteiger partial charge in [0.2, 0.25) is 0 Å². The van der Waals surface area contributed by atoms with E-state index in [1.54, 1.807) is 0 Å². The van der Waals surface area contributed by atoms with Crippen LogP contribution in [0.5, 0.6) is 0 Å². The Morgan fingerprint density at radius 1 is 0.893 bits per heavy atom. The van der Waals surface area contributed by atoms with Gasteiger partial charge in [0.1, 0.15) is 13.2 Å². The summed E-state index contributed by atoms with van der Waals surface area (Å²) in [5, 5.41) is -0.502. The van der Waals surface area contributed by atoms with Crippen LogP contribution < -0.4 is 0 Å². The van der Waals surface area contributed by atoms with E-state index in [2.05, 4.69) is 0 Å². The number of carbonyl (C=O) groups excluding carboxylic acids is 1. The van der Waals surface area contributed by atoms with Gasteiger partial charge in [0.15, 0.2) is 11.6 Å². The molecule has 28 heavy (non-hydrogen) atoms. The minimum Gasteiger partial charge on any atom is -0.434 e. The molecule has 2 rings (SSSR count). The van der Waals surface area contributed by atoms with Gasteiger partial charge in [-0.1, -0.05) is 0 Å². The van der Waals surface area contributed by atoms with E-state index < -0.39 is 17.7 Å². The van der Waals surface area contributed by atoms with Crippen molar-refractivity contribution in [3.05, 3.63) is 0 Å². The molecule has 0 amide bonds. The Labute approximate surface area is 177 Å². The van der Waals surface area contributed by atoms with E-state index in [0.717, 1.165) is 0 Å². The Kier molecular flexibility index (Phi) is 8.27. The average molecular weight is 443 g/mol. The van der Waals surface area contributed by atoms with Gasteiger partial charge in [-0.25, -0.2) is 4.79 Å². The molecule has 0 aliphatic carbocycles. The minimum atomic E-state index is -0.767. The van der Waals surface area contributed by atoms with E-state index in [1.807, 2.05) is 41.5 Å². The fourth-order valence-corrected chi connectivity index (χ4v) is 3.85. The van der Waals surface area contributed by atoms with Gasteiger partial charge in [-0.2, -0.15) is 0 Å². The highest BCUT2D eigenvalue weighted by molar-refractivity contribution is 6.21. The molecular weight excluding hydrogens is 411 g/mol. The van der Waals surface area contributed by atoms with Crippen molar-refractivity contribution in [1.29, 1.82) is 0 Å². The molecular formula is C19H32Cl2O7. The highest BCUT2D eigenvalue weighted by atomic mass is 35.5. The first-order chi connectivity index (χ1) is 12.9. The largest absolute Gasteiger partial charge is 0.508 e. The van der Waals surface area contributed by atoms with Crippen molar-refractivity contribution < 1.29 is 33.2 Å². The highest BCUT2D eigenvalue weighted by Gasteiger charge is 2.41. The smallest absolute Gasteiger partial charge is 0.434 e. The lowest BCUT2D eigenvalue weighted by Crippen LogP contribution is -2.51. The molecule has 0 bridgehead atoms. The molecule has 2 aliphatic heterocycles. The summed E-state index contributed by atoms with van der Waals surface area (Å²) in [6.07, 6.45) is -1.35.